The van der Waals surface area contributed by atoms with Gasteiger partial charge in [0.1, 0.15) is 5.82 Å². The molecule has 3 rings (SSSR count). The van der Waals surface area contributed by atoms with Gasteiger partial charge in [-0.1, -0.05) is 0 Å². The van der Waals surface area contributed by atoms with Gasteiger partial charge in [-0.05, 0) is 51.7 Å². The smallest absolute Gasteiger partial charge is 0.399 e. The highest BCUT2D eigenvalue weighted by atomic mass is 19.1. The first kappa shape index (κ1) is 17.5. The van der Waals surface area contributed by atoms with Crippen LogP contribution in [0.2, 0.25) is 0 Å². The lowest BCUT2D eigenvalue weighted by Crippen LogP contribution is -2.41. The Balaban J connectivity index is 1.91. The van der Waals surface area contributed by atoms with Crippen LogP contribution in [0.15, 0.2) is 12.1 Å². The third-order valence-corrected chi connectivity index (χ3v) is 5.47. The molecule has 1 atom stereocenters. The molecule has 0 aliphatic carbocycles. The molecular formula is C17H26BFN2O3. The van der Waals surface area contributed by atoms with Gasteiger partial charge in [0, 0.05) is 20.2 Å². The van der Waals surface area contributed by atoms with E-state index in [1.807, 2.05) is 33.8 Å². The van der Waals surface area contributed by atoms with E-state index in [1.54, 1.807) is 7.11 Å². The van der Waals surface area contributed by atoms with Crippen molar-refractivity contribution in [3.8, 4) is 0 Å². The zero-order chi connectivity index (χ0) is 17.7. The van der Waals surface area contributed by atoms with Gasteiger partial charge in [-0.2, -0.15) is 0 Å². The number of nitrogen functional groups attached to an aromatic ring is 1. The summed E-state index contributed by atoms with van der Waals surface area (Å²) in [7, 11) is 1.09. The topological polar surface area (TPSA) is 57.0 Å². The SMILES string of the molecule is CO[C@@H]1CCN(c2cc(B3OC(C)(C)C(C)(C)O3)cc(F)c2N)C1. The van der Waals surface area contributed by atoms with Gasteiger partial charge in [0.05, 0.1) is 28.7 Å². The number of hydrogen-bond donors (Lipinski definition) is 1. The van der Waals surface area contributed by atoms with Crippen LogP contribution in [-0.4, -0.2) is 44.6 Å². The third-order valence-electron chi connectivity index (χ3n) is 5.47. The molecule has 0 radical (unpaired) electrons. The normalized spacial score (nSPS) is 25.5. The Labute approximate surface area is 143 Å². The fraction of sp³-hybridized carbons (Fsp3) is 0.647. The fourth-order valence-corrected chi connectivity index (χ4v) is 3.14. The van der Waals surface area contributed by atoms with Gasteiger partial charge >= 0.3 is 7.12 Å². The molecule has 0 saturated carbocycles. The van der Waals surface area contributed by atoms with Crippen LogP contribution < -0.4 is 16.1 Å². The summed E-state index contributed by atoms with van der Waals surface area (Å²) in [6.07, 6.45) is 1.05. The molecule has 24 heavy (non-hydrogen) atoms. The molecule has 2 fully saturated rings. The standard InChI is InChI=1S/C17H26BFN2O3/c1-16(2)17(3,4)24-18(23-16)11-8-13(19)15(20)14(9-11)21-7-6-12(10-21)22-5/h8-9,12H,6-7,10,20H2,1-5H3/t12-/m1/s1. The molecule has 132 valence electrons. The van der Waals surface area contributed by atoms with Crippen LogP contribution in [0.1, 0.15) is 34.1 Å². The minimum Gasteiger partial charge on any atom is -0.399 e. The van der Waals surface area contributed by atoms with E-state index in [-0.39, 0.29) is 11.8 Å². The van der Waals surface area contributed by atoms with Gasteiger partial charge in [0.2, 0.25) is 0 Å². The predicted molar refractivity (Wildman–Crippen MR) is 94.2 cm³/mol. The van der Waals surface area contributed by atoms with Crippen LogP contribution in [0.4, 0.5) is 15.8 Å². The molecule has 2 aliphatic heterocycles. The number of hydrogen-bond acceptors (Lipinski definition) is 5. The van der Waals surface area contributed by atoms with Crippen molar-refractivity contribution in [1.82, 2.24) is 0 Å². The van der Waals surface area contributed by atoms with Crippen LogP contribution >= 0.6 is 0 Å². The number of benzene rings is 1. The Kier molecular flexibility index (Phi) is 4.30. The van der Waals surface area contributed by atoms with E-state index < -0.39 is 24.1 Å². The lowest BCUT2D eigenvalue weighted by atomic mass is 9.78. The number of rotatable bonds is 3. The molecule has 1 aromatic rings. The Morgan fingerprint density at radius 1 is 1.25 bits per heavy atom. The minimum absolute atomic E-state index is 0.146. The highest BCUT2D eigenvalue weighted by molar-refractivity contribution is 6.62. The molecule has 5 nitrogen and oxygen atoms in total. The quantitative estimate of drug-likeness (QED) is 0.675. The van der Waals surface area contributed by atoms with E-state index in [9.17, 15) is 4.39 Å². The molecule has 0 unspecified atom stereocenters. The third kappa shape index (κ3) is 2.89. The molecule has 7 heteroatoms. The van der Waals surface area contributed by atoms with E-state index in [1.165, 1.54) is 6.07 Å². The lowest BCUT2D eigenvalue weighted by Gasteiger charge is -2.32. The van der Waals surface area contributed by atoms with Crippen LogP contribution in [-0.2, 0) is 14.0 Å². The zero-order valence-electron chi connectivity index (χ0n) is 15.1. The van der Waals surface area contributed by atoms with Crippen molar-refractivity contribution in [2.24, 2.45) is 0 Å². The van der Waals surface area contributed by atoms with Crippen molar-refractivity contribution in [3.63, 3.8) is 0 Å². The molecule has 2 saturated heterocycles. The summed E-state index contributed by atoms with van der Waals surface area (Å²) < 4.78 is 31.9. The van der Waals surface area contributed by atoms with Crippen LogP contribution in [0.25, 0.3) is 0 Å². The van der Waals surface area contributed by atoms with Gasteiger partial charge in [-0.3, -0.25) is 0 Å². The summed E-state index contributed by atoms with van der Waals surface area (Å²) in [5.74, 6) is -0.446. The van der Waals surface area contributed by atoms with E-state index in [2.05, 4.69) is 4.90 Å². The summed E-state index contributed by atoms with van der Waals surface area (Å²) in [6.45, 7) is 9.40. The molecule has 0 spiro atoms. The number of nitrogens with two attached hydrogens (primary N) is 1. The average molecular weight is 336 g/mol. The van der Waals surface area contributed by atoms with E-state index in [4.69, 9.17) is 19.8 Å². The Morgan fingerprint density at radius 3 is 2.42 bits per heavy atom. The number of halogens is 1. The molecule has 0 aromatic heterocycles. The first-order chi connectivity index (χ1) is 11.1. The summed E-state index contributed by atoms with van der Waals surface area (Å²) in [4.78, 5) is 2.06. The minimum atomic E-state index is -0.607. The number of nitrogens with zero attached hydrogens (tertiary/aromatic N) is 1. The maximum atomic E-state index is 14.4. The molecular weight excluding hydrogens is 310 g/mol. The second-order valence-electron chi connectivity index (χ2n) is 7.62. The van der Waals surface area contributed by atoms with Crippen molar-refractivity contribution in [2.75, 3.05) is 30.8 Å². The van der Waals surface area contributed by atoms with Gasteiger partial charge < -0.3 is 24.7 Å². The summed E-state index contributed by atoms with van der Waals surface area (Å²) >= 11 is 0. The largest absolute Gasteiger partial charge is 0.495 e. The van der Waals surface area contributed by atoms with Gasteiger partial charge in [-0.25, -0.2) is 4.39 Å². The first-order valence-electron chi connectivity index (χ1n) is 8.37. The Morgan fingerprint density at radius 2 is 1.88 bits per heavy atom. The maximum absolute atomic E-state index is 14.4. The monoisotopic (exact) mass is 336 g/mol. The van der Waals surface area contributed by atoms with E-state index >= 15 is 0 Å². The highest BCUT2D eigenvalue weighted by Gasteiger charge is 2.52. The van der Waals surface area contributed by atoms with E-state index in [0.717, 1.165) is 13.0 Å². The van der Waals surface area contributed by atoms with Crippen molar-refractivity contribution in [2.45, 2.75) is 51.4 Å². The molecule has 2 aliphatic rings. The van der Waals surface area contributed by atoms with Gasteiger partial charge in [0.15, 0.2) is 0 Å². The highest BCUT2D eigenvalue weighted by Crippen LogP contribution is 2.37. The lowest BCUT2D eigenvalue weighted by molar-refractivity contribution is 0.00578. The van der Waals surface area contributed by atoms with Gasteiger partial charge in [-0.15, -0.1) is 0 Å². The molecule has 2 N–H and O–H groups in total. The number of anilines is 2. The van der Waals surface area contributed by atoms with Crippen molar-refractivity contribution < 1.29 is 18.4 Å². The van der Waals surface area contributed by atoms with Crippen molar-refractivity contribution in [3.05, 3.63) is 17.9 Å². The molecule has 2 heterocycles. The van der Waals surface area contributed by atoms with E-state index in [0.29, 0.717) is 17.7 Å². The maximum Gasteiger partial charge on any atom is 0.495 e. The molecule has 1 aromatic carbocycles. The summed E-state index contributed by atoms with van der Waals surface area (Å²) in [5.41, 5.74) is 6.54. The first-order valence-corrected chi connectivity index (χ1v) is 8.37. The van der Waals surface area contributed by atoms with Crippen molar-refractivity contribution >= 4 is 24.0 Å². The Hall–Kier alpha value is -1.31. The molecule has 0 bridgehead atoms. The Bertz CT molecular complexity index is 623. The number of methoxy groups -OCH3 is 1. The van der Waals surface area contributed by atoms with Crippen LogP contribution in [0.3, 0.4) is 0 Å². The molecule has 0 amide bonds. The fourth-order valence-electron chi connectivity index (χ4n) is 3.14. The van der Waals surface area contributed by atoms with Gasteiger partial charge in [0.25, 0.3) is 0 Å². The second-order valence-corrected chi connectivity index (χ2v) is 7.62. The predicted octanol–water partition coefficient (Wildman–Crippen LogP) is 1.93. The van der Waals surface area contributed by atoms with Crippen molar-refractivity contribution in [1.29, 1.82) is 0 Å². The number of ether oxygens (including phenoxy) is 1. The summed E-state index contributed by atoms with van der Waals surface area (Å²) in [5, 5.41) is 0. The van der Waals surface area contributed by atoms with Crippen LogP contribution in [0, 0.1) is 5.82 Å². The average Bonchev–Trinajstić information content (AvgIpc) is 3.04. The summed E-state index contributed by atoms with van der Waals surface area (Å²) in [6, 6.07) is 3.28. The van der Waals surface area contributed by atoms with Crippen LogP contribution in [0.5, 0.6) is 0 Å². The second kappa shape index (κ2) is 5.90. The zero-order valence-corrected chi connectivity index (χ0v) is 15.1.